The van der Waals surface area contributed by atoms with Crippen molar-refractivity contribution in [2.24, 2.45) is 11.8 Å². The molecule has 0 aliphatic rings. The summed E-state index contributed by atoms with van der Waals surface area (Å²) in [4.78, 5) is 10.8. The predicted octanol–water partition coefficient (Wildman–Crippen LogP) is 2.60. The maximum Gasteiger partial charge on any atom is 0.216 e. The summed E-state index contributed by atoms with van der Waals surface area (Å²) in [6, 6.07) is 7.42. The molecule has 0 aliphatic carbocycles. The molecule has 0 unspecified atom stereocenters. The van der Waals surface area contributed by atoms with Gasteiger partial charge in [-0.3, -0.25) is 4.79 Å². The first-order valence-electron chi connectivity index (χ1n) is 7.98. The Labute approximate surface area is 139 Å². The monoisotopic (exact) mass is 317 g/mol. The van der Waals surface area contributed by atoms with Gasteiger partial charge in [-0.25, -0.2) is 0 Å². The quantitative estimate of drug-likeness (QED) is 0.626. The molecule has 2 N–H and O–H groups in total. The number of carbonyl (C=O) groups is 1. The van der Waals surface area contributed by atoms with Crippen LogP contribution in [0.2, 0.25) is 0 Å². The molecule has 4 heteroatoms. The Hall–Kier alpha value is -1.99. The maximum absolute atomic E-state index is 10.8. The Kier molecular flexibility index (Phi) is 7.12. The van der Waals surface area contributed by atoms with E-state index in [-0.39, 0.29) is 17.7 Å². The lowest BCUT2D eigenvalue weighted by Gasteiger charge is -2.30. The van der Waals surface area contributed by atoms with Crippen molar-refractivity contribution in [2.45, 2.75) is 40.2 Å². The normalized spacial score (nSPS) is 11.1. The second-order valence-electron chi connectivity index (χ2n) is 6.24. The number of benzene rings is 1. The van der Waals surface area contributed by atoms with E-state index >= 15 is 0 Å². The van der Waals surface area contributed by atoms with Gasteiger partial charge in [0, 0.05) is 12.5 Å². The molecule has 0 heterocycles. The summed E-state index contributed by atoms with van der Waals surface area (Å²) in [5.41, 5.74) is -0.218. The first kappa shape index (κ1) is 19.1. The van der Waals surface area contributed by atoms with Gasteiger partial charge in [-0.05, 0) is 30.0 Å². The van der Waals surface area contributed by atoms with Crippen LogP contribution in [-0.2, 0) is 4.79 Å². The van der Waals surface area contributed by atoms with E-state index in [1.807, 2.05) is 52.0 Å². The molecule has 126 valence electrons. The third-order valence-electron chi connectivity index (χ3n) is 3.75. The van der Waals surface area contributed by atoms with Gasteiger partial charge < -0.3 is 15.2 Å². The van der Waals surface area contributed by atoms with Crippen molar-refractivity contribution in [3.05, 3.63) is 29.8 Å². The van der Waals surface area contributed by atoms with Crippen molar-refractivity contribution in [2.75, 3.05) is 13.2 Å². The molecule has 0 aromatic heterocycles. The Morgan fingerprint density at radius 1 is 1.30 bits per heavy atom. The first-order chi connectivity index (χ1) is 10.8. The average Bonchev–Trinajstić information content (AvgIpc) is 2.49. The second kappa shape index (κ2) is 8.59. The number of aliphatic hydroxyl groups is 1. The van der Waals surface area contributed by atoms with E-state index in [2.05, 4.69) is 17.2 Å². The summed E-state index contributed by atoms with van der Waals surface area (Å²) in [6.07, 6.45) is 0. The minimum atomic E-state index is -1.01. The summed E-state index contributed by atoms with van der Waals surface area (Å²) in [7, 11) is 0. The molecular formula is C19H27NO3. The van der Waals surface area contributed by atoms with Gasteiger partial charge in [0.15, 0.2) is 0 Å². The first-order valence-corrected chi connectivity index (χ1v) is 7.98. The minimum absolute atomic E-state index is 0.0482. The highest BCUT2D eigenvalue weighted by molar-refractivity contribution is 5.72. The van der Waals surface area contributed by atoms with Crippen molar-refractivity contribution >= 4 is 5.91 Å². The molecule has 1 aromatic carbocycles. The lowest BCUT2D eigenvalue weighted by atomic mass is 9.81. The largest absolute Gasteiger partial charge is 0.492 e. The number of amides is 1. The SMILES string of the molecule is CC(=O)NCCOc1cccc(C#CC(O)(C(C)C)C(C)C)c1. The topological polar surface area (TPSA) is 58.6 Å². The molecule has 0 fully saturated rings. The number of ether oxygens (including phenoxy) is 1. The molecule has 1 aromatic rings. The lowest BCUT2D eigenvalue weighted by Crippen LogP contribution is -2.39. The van der Waals surface area contributed by atoms with Crippen LogP contribution < -0.4 is 10.1 Å². The van der Waals surface area contributed by atoms with E-state index in [0.717, 1.165) is 5.56 Å². The van der Waals surface area contributed by atoms with Crippen LogP contribution in [0.1, 0.15) is 40.2 Å². The molecule has 1 rings (SSSR count). The highest BCUT2D eigenvalue weighted by Gasteiger charge is 2.32. The summed E-state index contributed by atoms with van der Waals surface area (Å²) in [5, 5.41) is 13.4. The summed E-state index contributed by atoms with van der Waals surface area (Å²) >= 11 is 0. The molecule has 0 saturated carbocycles. The van der Waals surface area contributed by atoms with Crippen LogP contribution in [0, 0.1) is 23.7 Å². The summed E-state index contributed by atoms with van der Waals surface area (Å²) < 4.78 is 5.58. The van der Waals surface area contributed by atoms with Crippen LogP contribution in [0.15, 0.2) is 24.3 Å². The third kappa shape index (κ3) is 5.96. The zero-order valence-corrected chi connectivity index (χ0v) is 14.6. The molecular weight excluding hydrogens is 290 g/mol. The van der Waals surface area contributed by atoms with Gasteiger partial charge in [0.05, 0.1) is 6.54 Å². The molecule has 0 atom stereocenters. The van der Waals surface area contributed by atoms with Crippen molar-refractivity contribution in [1.29, 1.82) is 0 Å². The number of carbonyl (C=O) groups excluding carboxylic acids is 1. The van der Waals surface area contributed by atoms with Crippen LogP contribution in [-0.4, -0.2) is 29.8 Å². The number of hydrogen-bond donors (Lipinski definition) is 2. The van der Waals surface area contributed by atoms with Gasteiger partial charge in [0.25, 0.3) is 0 Å². The van der Waals surface area contributed by atoms with E-state index in [4.69, 9.17) is 4.74 Å². The minimum Gasteiger partial charge on any atom is -0.492 e. The van der Waals surface area contributed by atoms with E-state index in [9.17, 15) is 9.90 Å². The van der Waals surface area contributed by atoms with E-state index in [1.165, 1.54) is 6.92 Å². The maximum atomic E-state index is 10.8. The summed E-state index contributed by atoms with van der Waals surface area (Å²) in [6.45, 7) is 10.2. The second-order valence-corrected chi connectivity index (χ2v) is 6.24. The Balaban J connectivity index is 2.78. The standard InChI is InChI=1S/C19H27NO3/c1-14(2)19(22,15(3)4)10-9-17-7-6-8-18(13-17)23-12-11-20-16(5)21/h6-8,13-15,22H,11-12H2,1-5H3,(H,20,21). The van der Waals surface area contributed by atoms with Gasteiger partial charge in [-0.2, -0.15) is 0 Å². The highest BCUT2D eigenvalue weighted by Crippen LogP contribution is 2.25. The Morgan fingerprint density at radius 3 is 2.52 bits per heavy atom. The molecule has 4 nitrogen and oxygen atoms in total. The smallest absolute Gasteiger partial charge is 0.216 e. The van der Waals surface area contributed by atoms with E-state index in [0.29, 0.717) is 18.9 Å². The molecule has 0 radical (unpaired) electrons. The van der Waals surface area contributed by atoms with E-state index < -0.39 is 5.60 Å². The van der Waals surface area contributed by atoms with Gasteiger partial charge in [-0.1, -0.05) is 45.6 Å². The van der Waals surface area contributed by atoms with Gasteiger partial charge >= 0.3 is 0 Å². The van der Waals surface area contributed by atoms with Gasteiger partial charge in [0.1, 0.15) is 18.0 Å². The van der Waals surface area contributed by atoms with Crippen LogP contribution in [0.3, 0.4) is 0 Å². The fourth-order valence-corrected chi connectivity index (χ4v) is 2.19. The predicted molar refractivity (Wildman–Crippen MR) is 92.1 cm³/mol. The Morgan fingerprint density at radius 2 is 1.96 bits per heavy atom. The zero-order valence-electron chi connectivity index (χ0n) is 14.6. The fourth-order valence-electron chi connectivity index (χ4n) is 2.19. The van der Waals surface area contributed by atoms with Gasteiger partial charge in [0.2, 0.25) is 5.91 Å². The van der Waals surface area contributed by atoms with Crippen LogP contribution in [0.5, 0.6) is 5.75 Å². The van der Waals surface area contributed by atoms with Crippen LogP contribution >= 0.6 is 0 Å². The van der Waals surface area contributed by atoms with Crippen LogP contribution in [0.25, 0.3) is 0 Å². The van der Waals surface area contributed by atoms with E-state index in [1.54, 1.807) is 0 Å². The third-order valence-corrected chi connectivity index (χ3v) is 3.75. The lowest BCUT2D eigenvalue weighted by molar-refractivity contribution is -0.119. The average molecular weight is 317 g/mol. The van der Waals surface area contributed by atoms with Crippen molar-refractivity contribution in [3.8, 4) is 17.6 Å². The Bertz CT molecular complexity index is 574. The van der Waals surface area contributed by atoms with Crippen molar-refractivity contribution in [3.63, 3.8) is 0 Å². The molecule has 0 spiro atoms. The molecule has 0 saturated heterocycles. The number of hydrogen-bond acceptors (Lipinski definition) is 3. The zero-order chi connectivity index (χ0) is 17.5. The fraction of sp³-hybridized carbons (Fsp3) is 0.526. The molecule has 23 heavy (non-hydrogen) atoms. The number of nitrogens with one attached hydrogen (secondary N) is 1. The summed E-state index contributed by atoms with van der Waals surface area (Å²) in [5.74, 6) is 6.78. The molecule has 0 bridgehead atoms. The molecule has 1 amide bonds. The van der Waals surface area contributed by atoms with Gasteiger partial charge in [-0.15, -0.1) is 0 Å². The highest BCUT2D eigenvalue weighted by atomic mass is 16.5. The van der Waals surface area contributed by atoms with Crippen LogP contribution in [0.4, 0.5) is 0 Å². The molecule has 0 aliphatic heterocycles. The number of rotatable bonds is 6. The van der Waals surface area contributed by atoms with Crippen molar-refractivity contribution < 1.29 is 14.6 Å². The van der Waals surface area contributed by atoms with Crippen molar-refractivity contribution in [1.82, 2.24) is 5.32 Å².